The molecule has 0 bridgehead atoms. The Hall–Kier alpha value is -1.64. The number of aliphatic imine (C=N–C) groups is 2. The van der Waals surface area contributed by atoms with Crippen LogP contribution in [0.4, 0.5) is 0 Å². The molecular weight excluding hydrogens is 236 g/mol. The highest BCUT2D eigenvalue weighted by Gasteiger charge is 2.37. The van der Waals surface area contributed by atoms with Crippen LogP contribution in [0.15, 0.2) is 40.3 Å². The first-order valence-electron chi connectivity index (χ1n) is 6.98. The van der Waals surface area contributed by atoms with E-state index in [2.05, 4.69) is 43.1 Å². The number of rotatable bonds is 3. The average molecular weight is 256 g/mol. The van der Waals surface area contributed by atoms with Crippen LogP contribution in [0.2, 0.25) is 0 Å². The Kier molecular flexibility index (Phi) is 3.13. The van der Waals surface area contributed by atoms with Crippen molar-refractivity contribution in [3.8, 4) is 0 Å². The van der Waals surface area contributed by atoms with Gasteiger partial charge in [0.1, 0.15) is 12.6 Å². The molecule has 3 rings (SSSR count). The second-order valence-corrected chi connectivity index (χ2v) is 5.73. The van der Waals surface area contributed by atoms with E-state index in [0.717, 1.165) is 25.3 Å². The van der Waals surface area contributed by atoms with E-state index in [1.54, 1.807) is 0 Å². The van der Waals surface area contributed by atoms with Crippen molar-refractivity contribution in [2.75, 3.05) is 13.2 Å². The normalized spacial score (nSPS) is 22.9. The maximum atomic E-state index is 5.87. The lowest BCUT2D eigenvalue weighted by molar-refractivity contribution is 0.294. The third kappa shape index (κ3) is 2.29. The van der Waals surface area contributed by atoms with Crippen LogP contribution in [-0.2, 0) is 4.74 Å². The number of benzene rings is 1. The van der Waals surface area contributed by atoms with Crippen molar-refractivity contribution in [1.82, 2.24) is 0 Å². The summed E-state index contributed by atoms with van der Waals surface area (Å²) < 4.78 is 5.87. The van der Waals surface area contributed by atoms with E-state index in [4.69, 9.17) is 9.73 Å². The highest BCUT2D eigenvalue weighted by molar-refractivity contribution is 6.09. The van der Waals surface area contributed by atoms with Crippen LogP contribution in [0.25, 0.3) is 0 Å². The van der Waals surface area contributed by atoms with Gasteiger partial charge in [0.25, 0.3) is 0 Å². The van der Waals surface area contributed by atoms with Gasteiger partial charge in [-0.3, -0.25) is 4.99 Å². The number of hydrogen-bond donors (Lipinski definition) is 0. The highest BCUT2D eigenvalue weighted by Crippen LogP contribution is 2.33. The van der Waals surface area contributed by atoms with Crippen molar-refractivity contribution in [1.29, 1.82) is 0 Å². The van der Waals surface area contributed by atoms with Crippen LogP contribution < -0.4 is 0 Å². The third-order valence-electron chi connectivity index (χ3n) is 3.97. The Labute approximate surface area is 114 Å². The van der Waals surface area contributed by atoms with Crippen molar-refractivity contribution >= 4 is 11.6 Å². The molecule has 2 heterocycles. The zero-order chi connectivity index (χ0) is 13.3. The molecule has 19 heavy (non-hydrogen) atoms. The van der Waals surface area contributed by atoms with Crippen LogP contribution in [0.5, 0.6) is 0 Å². The molecule has 0 saturated heterocycles. The number of nitrogens with zero attached hydrogens (tertiary/aromatic N) is 2. The van der Waals surface area contributed by atoms with Crippen molar-refractivity contribution in [2.24, 2.45) is 15.4 Å². The topological polar surface area (TPSA) is 34.0 Å². The minimum atomic E-state index is -0.153. The molecule has 2 aliphatic rings. The van der Waals surface area contributed by atoms with Gasteiger partial charge in [0.05, 0.1) is 5.41 Å². The van der Waals surface area contributed by atoms with E-state index >= 15 is 0 Å². The molecular formula is C16H20N2O. The first-order valence-corrected chi connectivity index (χ1v) is 6.98. The molecule has 0 fully saturated rings. The van der Waals surface area contributed by atoms with Crippen LogP contribution in [0.1, 0.15) is 38.3 Å². The Morgan fingerprint density at radius 2 is 2.00 bits per heavy atom. The zero-order valence-corrected chi connectivity index (χ0v) is 11.6. The van der Waals surface area contributed by atoms with E-state index < -0.39 is 0 Å². The third-order valence-corrected chi connectivity index (χ3v) is 3.97. The molecule has 1 aromatic carbocycles. The Bertz CT molecular complexity index is 517. The lowest BCUT2D eigenvalue weighted by Gasteiger charge is -2.23. The molecule has 0 radical (unpaired) electrons. The SMILES string of the molecule is CC(C)(C1=NCCC1)C1=NC(c2ccccc2)CO1. The Morgan fingerprint density at radius 1 is 1.21 bits per heavy atom. The van der Waals surface area contributed by atoms with Crippen LogP contribution >= 0.6 is 0 Å². The maximum Gasteiger partial charge on any atom is 0.195 e. The smallest absolute Gasteiger partial charge is 0.195 e. The van der Waals surface area contributed by atoms with E-state index in [1.807, 2.05) is 6.07 Å². The van der Waals surface area contributed by atoms with Gasteiger partial charge in [-0.05, 0) is 32.3 Å². The highest BCUT2D eigenvalue weighted by atomic mass is 16.5. The molecule has 0 amide bonds. The molecule has 1 aromatic rings. The summed E-state index contributed by atoms with van der Waals surface area (Å²) in [5.74, 6) is 0.849. The predicted octanol–water partition coefficient (Wildman–Crippen LogP) is 3.42. The summed E-state index contributed by atoms with van der Waals surface area (Å²) in [7, 11) is 0. The van der Waals surface area contributed by atoms with Crippen molar-refractivity contribution in [2.45, 2.75) is 32.7 Å². The molecule has 0 N–H and O–H groups in total. The lowest BCUT2D eigenvalue weighted by Crippen LogP contribution is -2.32. The van der Waals surface area contributed by atoms with Crippen molar-refractivity contribution < 1.29 is 4.74 Å². The summed E-state index contributed by atoms with van der Waals surface area (Å²) in [4.78, 5) is 9.39. The van der Waals surface area contributed by atoms with Gasteiger partial charge in [0.2, 0.25) is 0 Å². The Balaban J connectivity index is 1.83. The molecule has 1 atom stereocenters. The molecule has 1 unspecified atom stereocenters. The zero-order valence-electron chi connectivity index (χ0n) is 11.6. The molecule has 3 heteroatoms. The summed E-state index contributed by atoms with van der Waals surface area (Å²) in [6, 6.07) is 10.5. The number of hydrogen-bond acceptors (Lipinski definition) is 3. The summed E-state index contributed by atoms with van der Waals surface area (Å²) in [5, 5.41) is 0. The lowest BCUT2D eigenvalue weighted by atomic mass is 9.85. The first kappa shape index (κ1) is 12.4. The predicted molar refractivity (Wildman–Crippen MR) is 77.9 cm³/mol. The second kappa shape index (κ2) is 4.80. The second-order valence-electron chi connectivity index (χ2n) is 5.73. The van der Waals surface area contributed by atoms with E-state index in [-0.39, 0.29) is 11.5 Å². The molecule has 100 valence electrons. The largest absolute Gasteiger partial charge is 0.478 e. The van der Waals surface area contributed by atoms with Crippen LogP contribution in [0.3, 0.4) is 0 Å². The number of ether oxygens (including phenoxy) is 1. The summed E-state index contributed by atoms with van der Waals surface area (Å²) in [6.07, 6.45) is 2.24. The van der Waals surface area contributed by atoms with Gasteiger partial charge in [-0.15, -0.1) is 0 Å². The summed E-state index contributed by atoms with van der Waals surface area (Å²) in [6.45, 7) is 5.94. The quantitative estimate of drug-likeness (QED) is 0.816. The fourth-order valence-electron chi connectivity index (χ4n) is 2.73. The maximum absolute atomic E-state index is 5.87. The van der Waals surface area contributed by atoms with Crippen LogP contribution in [-0.4, -0.2) is 24.8 Å². The van der Waals surface area contributed by atoms with E-state index in [9.17, 15) is 0 Å². The van der Waals surface area contributed by atoms with Gasteiger partial charge in [-0.1, -0.05) is 30.3 Å². The van der Waals surface area contributed by atoms with Gasteiger partial charge in [-0.25, -0.2) is 4.99 Å². The van der Waals surface area contributed by atoms with Gasteiger partial charge in [0, 0.05) is 12.3 Å². The first-order chi connectivity index (χ1) is 9.18. The Morgan fingerprint density at radius 3 is 2.68 bits per heavy atom. The molecule has 3 nitrogen and oxygen atoms in total. The summed E-state index contributed by atoms with van der Waals surface area (Å²) >= 11 is 0. The molecule has 0 saturated carbocycles. The molecule has 0 spiro atoms. The standard InChI is InChI=1S/C16H20N2O/c1-16(2,14-9-6-10-17-14)15-18-13(11-19-15)12-7-4-3-5-8-12/h3-5,7-8,13H,6,9-11H2,1-2H3. The molecule has 0 aromatic heterocycles. The molecule has 0 aliphatic carbocycles. The minimum absolute atomic E-state index is 0.137. The van der Waals surface area contributed by atoms with E-state index in [1.165, 1.54) is 11.3 Å². The van der Waals surface area contributed by atoms with Gasteiger partial charge < -0.3 is 4.74 Å². The van der Waals surface area contributed by atoms with Gasteiger partial charge >= 0.3 is 0 Å². The van der Waals surface area contributed by atoms with Gasteiger partial charge in [-0.2, -0.15) is 0 Å². The fraction of sp³-hybridized carbons (Fsp3) is 0.500. The average Bonchev–Trinajstić information content (AvgIpc) is 3.12. The minimum Gasteiger partial charge on any atom is -0.478 e. The summed E-state index contributed by atoms with van der Waals surface area (Å²) in [5.41, 5.74) is 2.31. The van der Waals surface area contributed by atoms with Crippen molar-refractivity contribution in [3.05, 3.63) is 35.9 Å². The monoisotopic (exact) mass is 256 g/mol. The van der Waals surface area contributed by atoms with Crippen molar-refractivity contribution in [3.63, 3.8) is 0 Å². The molecule has 2 aliphatic heterocycles. The van der Waals surface area contributed by atoms with Crippen LogP contribution in [0, 0.1) is 5.41 Å². The van der Waals surface area contributed by atoms with Gasteiger partial charge in [0.15, 0.2) is 5.90 Å². The van der Waals surface area contributed by atoms with E-state index in [0.29, 0.717) is 6.61 Å². The fourth-order valence-corrected chi connectivity index (χ4v) is 2.73.